The van der Waals surface area contributed by atoms with Gasteiger partial charge in [-0.1, -0.05) is 17.7 Å². The lowest BCUT2D eigenvalue weighted by atomic mass is 9.91. The van der Waals surface area contributed by atoms with Crippen molar-refractivity contribution in [3.05, 3.63) is 29.3 Å². The van der Waals surface area contributed by atoms with Crippen molar-refractivity contribution in [1.29, 1.82) is 0 Å². The topological polar surface area (TPSA) is 69.6 Å². The van der Waals surface area contributed by atoms with E-state index in [0.717, 1.165) is 32.4 Å². The molecule has 1 amide bonds. The average Bonchev–Trinajstić information content (AvgIpc) is 2.52. The zero-order valence-electron chi connectivity index (χ0n) is 13.3. The van der Waals surface area contributed by atoms with Crippen LogP contribution in [0.1, 0.15) is 32.6 Å². The van der Waals surface area contributed by atoms with Crippen molar-refractivity contribution in [3.8, 4) is 0 Å². The molecule has 1 aliphatic rings. The van der Waals surface area contributed by atoms with Crippen molar-refractivity contribution in [1.82, 2.24) is 4.90 Å². The van der Waals surface area contributed by atoms with E-state index in [1.54, 1.807) is 18.2 Å². The summed E-state index contributed by atoms with van der Waals surface area (Å²) in [4.78, 5) is 25.1. The molecule has 126 valence electrons. The number of nitrogens with one attached hydrogen (secondary N) is 1. The van der Waals surface area contributed by atoms with Gasteiger partial charge in [0.1, 0.15) is 0 Å². The molecular formula is C17H23ClN2O3. The van der Waals surface area contributed by atoms with Gasteiger partial charge in [0, 0.05) is 17.1 Å². The second kappa shape index (κ2) is 8.31. The number of piperidine rings is 1. The van der Waals surface area contributed by atoms with Crippen LogP contribution >= 0.6 is 11.6 Å². The molecule has 0 spiro atoms. The van der Waals surface area contributed by atoms with E-state index in [-0.39, 0.29) is 18.4 Å². The maximum Gasteiger partial charge on any atom is 0.303 e. The van der Waals surface area contributed by atoms with Crippen LogP contribution in [-0.2, 0) is 9.59 Å². The van der Waals surface area contributed by atoms with Gasteiger partial charge in [0.25, 0.3) is 0 Å². The SMILES string of the molecule is CC(C(=O)Nc1cccc(Cl)c1)N1CCC(CCC(=O)O)CC1. The molecule has 1 fully saturated rings. The molecule has 2 rings (SSSR count). The molecule has 1 aliphatic heterocycles. The number of amides is 1. The lowest BCUT2D eigenvalue weighted by Crippen LogP contribution is -2.46. The summed E-state index contributed by atoms with van der Waals surface area (Å²) in [6.07, 6.45) is 2.85. The highest BCUT2D eigenvalue weighted by Gasteiger charge is 2.26. The Hall–Kier alpha value is -1.59. The van der Waals surface area contributed by atoms with Crippen LogP contribution in [0.15, 0.2) is 24.3 Å². The van der Waals surface area contributed by atoms with Crippen LogP contribution < -0.4 is 5.32 Å². The Labute approximate surface area is 141 Å². The number of carboxylic acid groups (broad SMARTS) is 1. The first-order valence-electron chi connectivity index (χ1n) is 7.98. The van der Waals surface area contributed by atoms with Gasteiger partial charge in [0.15, 0.2) is 0 Å². The lowest BCUT2D eigenvalue weighted by molar-refractivity contribution is -0.137. The standard InChI is InChI=1S/C17H23ClN2O3/c1-12(17(23)19-15-4-2-3-14(18)11-15)20-9-7-13(8-10-20)5-6-16(21)22/h2-4,11-13H,5-10H2,1H3,(H,19,23)(H,21,22). The maximum atomic E-state index is 12.3. The average molecular weight is 339 g/mol. The number of nitrogens with zero attached hydrogens (tertiary/aromatic N) is 1. The quantitative estimate of drug-likeness (QED) is 0.835. The Bertz CT molecular complexity index is 557. The Morgan fingerprint density at radius 2 is 2.09 bits per heavy atom. The zero-order chi connectivity index (χ0) is 16.8. The maximum absolute atomic E-state index is 12.3. The van der Waals surface area contributed by atoms with Gasteiger partial charge in [-0.25, -0.2) is 0 Å². The minimum atomic E-state index is -0.735. The number of carbonyl (C=O) groups excluding carboxylic acids is 1. The van der Waals surface area contributed by atoms with Crippen molar-refractivity contribution in [3.63, 3.8) is 0 Å². The Morgan fingerprint density at radius 3 is 2.70 bits per heavy atom. The molecule has 1 aromatic rings. The number of halogens is 1. The largest absolute Gasteiger partial charge is 0.481 e. The van der Waals surface area contributed by atoms with Crippen LogP contribution in [0.25, 0.3) is 0 Å². The summed E-state index contributed by atoms with van der Waals surface area (Å²) in [7, 11) is 0. The summed E-state index contributed by atoms with van der Waals surface area (Å²) in [6, 6.07) is 6.90. The van der Waals surface area contributed by atoms with E-state index in [9.17, 15) is 9.59 Å². The fourth-order valence-corrected chi connectivity index (χ4v) is 3.13. The zero-order valence-corrected chi connectivity index (χ0v) is 14.1. The normalized spacial score (nSPS) is 17.7. The first-order chi connectivity index (χ1) is 11.0. The summed E-state index contributed by atoms with van der Waals surface area (Å²) in [6.45, 7) is 3.56. The summed E-state index contributed by atoms with van der Waals surface area (Å²) in [5.41, 5.74) is 0.700. The van der Waals surface area contributed by atoms with Crippen molar-refractivity contribution >= 4 is 29.2 Å². The molecule has 1 unspecified atom stereocenters. The fourth-order valence-electron chi connectivity index (χ4n) is 2.94. The highest BCUT2D eigenvalue weighted by molar-refractivity contribution is 6.30. The van der Waals surface area contributed by atoms with Crippen LogP contribution in [0.5, 0.6) is 0 Å². The molecule has 1 atom stereocenters. The van der Waals surface area contributed by atoms with E-state index in [4.69, 9.17) is 16.7 Å². The van der Waals surface area contributed by atoms with Gasteiger partial charge in [-0.2, -0.15) is 0 Å². The molecule has 0 aliphatic carbocycles. The van der Waals surface area contributed by atoms with E-state index >= 15 is 0 Å². The molecule has 2 N–H and O–H groups in total. The summed E-state index contributed by atoms with van der Waals surface area (Å²) in [5.74, 6) is -0.330. The van der Waals surface area contributed by atoms with Crippen molar-refractivity contribution < 1.29 is 14.7 Å². The van der Waals surface area contributed by atoms with Gasteiger partial charge >= 0.3 is 5.97 Å². The Morgan fingerprint density at radius 1 is 1.39 bits per heavy atom. The summed E-state index contributed by atoms with van der Waals surface area (Å²) >= 11 is 5.92. The van der Waals surface area contributed by atoms with Crippen LogP contribution in [0.3, 0.4) is 0 Å². The molecule has 0 bridgehead atoms. The van der Waals surface area contributed by atoms with Crippen molar-refractivity contribution in [2.45, 2.75) is 38.6 Å². The third kappa shape index (κ3) is 5.52. The second-order valence-electron chi connectivity index (χ2n) is 6.09. The fraction of sp³-hybridized carbons (Fsp3) is 0.529. The van der Waals surface area contributed by atoms with Gasteiger partial charge in [-0.05, 0) is 63.4 Å². The molecule has 1 aromatic carbocycles. The van der Waals surface area contributed by atoms with Gasteiger partial charge < -0.3 is 10.4 Å². The number of hydrogen-bond donors (Lipinski definition) is 2. The van der Waals surface area contributed by atoms with E-state index in [1.165, 1.54) is 0 Å². The van der Waals surface area contributed by atoms with E-state index < -0.39 is 5.97 Å². The number of aliphatic carboxylic acids is 1. The number of benzene rings is 1. The number of rotatable bonds is 6. The van der Waals surface area contributed by atoms with Gasteiger partial charge in [0.05, 0.1) is 6.04 Å². The minimum Gasteiger partial charge on any atom is -0.481 e. The summed E-state index contributed by atoms with van der Waals surface area (Å²) in [5, 5.41) is 12.2. The molecule has 6 heteroatoms. The summed E-state index contributed by atoms with van der Waals surface area (Å²) < 4.78 is 0. The lowest BCUT2D eigenvalue weighted by Gasteiger charge is -2.35. The second-order valence-corrected chi connectivity index (χ2v) is 6.52. The Balaban J connectivity index is 1.81. The van der Waals surface area contributed by atoms with Crippen molar-refractivity contribution in [2.24, 2.45) is 5.92 Å². The predicted molar refractivity (Wildman–Crippen MR) is 90.7 cm³/mol. The van der Waals surface area contributed by atoms with E-state index in [0.29, 0.717) is 16.6 Å². The first-order valence-corrected chi connectivity index (χ1v) is 8.36. The number of likely N-dealkylation sites (tertiary alicyclic amines) is 1. The molecule has 23 heavy (non-hydrogen) atoms. The molecular weight excluding hydrogens is 316 g/mol. The molecule has 1 saturated heterocycles. The van der Waals surface area contributed by atoms with E-state index in [2.05, 4.69) is 10.2 Å². The highest BCUT2D eigenvalue weighted by atomic mass is 35.5. The van der Waals surface area contributed by atoms with Gasteiger partial charge in [-0.15, -0.1) is 0 Å². The number of carbonyl (C=O) groups is 2. The molecule has 1 heterocycles. The van der Waals surface area contributed by atoms with Crippen LogP contribution in [0, 0.1) is 5.92 Å². The molecule has 0 aromatic heterocycles. The van der Waals surface area contributed by atoms with Gasteiger partial charge in [-0.3, -0.25) is 14.5 Å². The highest BCUT2D eigenvalue weighted by Crippen LogP contribution is 2.23. The number of hydrogen-bond acceptors (Lipinski definition) is 3. The van der Waals surface area contributed by atoms with E-state index in [1.807, 2.05) is 13.0 Å². The van der Waals surface area contributed by atoms with Gasteiger partial charge in [0.2, 0.25) is 5.91 Å². The monoisotopic (exact) mass is 338 g/mol. The molecule has 0 saturated carbocycles. The smallest absolute Gasteiger partial charge is 0.303 e. The number of carboxylic acids is 1. The minimum absolute atomic E-state index is 0.0451. The van der Waals surface area contributed by atoms with Crippen LogP contribution in [-0.4, -0.2) is 41.0 Å². The molecule has 5 nitrogen and oxygen atoms in total. The van der Waals surface area contributed by atoms with Crippen LogP contribution in [0.4, 0.5) is 5.69 Å². The van der Waals surface area contributed by atoms with Crippen LogP contribution in [0.2, 0.25) is 5.02 Å². The Kier molecular flexibility index (Phi) is 6.42. The van der Waals surface area contributed by atoms with Crippen molar-refractivity contribution in [2.75, 3.05) is 18.4 Å². The third-order valence-electron chi connectivity index (χ3n) is 4.43. The number of anilines is 1. The predicted octanol–water partition coefficient (Wildman–Crippen LogP) is 3.24. The third-order valence-corrected chi connectivity index (χ3v) is 4.67. The first kappa shape index (κ1) is 17.8. The molecule has 0 radical (unpaired) electrons.